The molecule has 0 saturated carbocycles. The lowest BCUT2D eigenvalue weighted by molar-refractivity contribution is -0.165. The van der Waals surface area contributed by atoms with Crippen molar-refractivity contribution in [3.05, 3.63) is 119 Å². The minimum absolute atomic E-state index is 0.0710. The van der Waals surface area contributed by atoms with Crippen LogP contribution in [-0.4, -0.2) is 135 Å². The Morgan fingerprint density at radius 2 is 0.806 bits per heavy atom. The Balaban J connectivity index is 0.000000247. The van der Waals surface area contributed by atoms with Gasteiger partial charge in [0, 0.05) is 51.7 Å². The van der Waals surface area contributed by atoms with Gasteiger partial charge in [-0.15, -0.1) is 0 Å². The number of aryl methyl sites for hydroxylation is 4. The molecule has 0 bridgehead atoms. The molecule has 330 valence electrons. The Kier molecular flexibility index (Phi) is 17.6. The predicted molar refractivity (Wildman–Crippen MR) is 232 cm³/mol. The van der Waals surface area contributed by atoms with Gasteiger partial charge >= 0.3 is 17.9 Å². The number of fused-ring (bicyclic) bond motifs is 2. The molecule has 3 unspecified atom stereocenters. The molecule has 2 amide bonds. The summed E-state index contributed by atoms with van der Waals surface area (Å²) in [6.07, 6.45) is -1.02. The number of carbonyl (C=O) groups is 5. The normalized spacial score (nSPS) is 12.0. The maximum Gasteiger partial charge on any atom is 0.335 e. The second kappa shape index (κ2) is 22.1. The number of aromatic nitrogens is 4. The first-order valence-electron chi connectivity index (χ1n) is 19.2. The van der Waals surface area contributed by atoms with Crippen LogP contribution in [0.15, 0.2) is 85.2 Å². The van der Waals surface area contributed by atoms with E-state index in [1.165, 1.54) is 18.1 Å². The monoisotopic (exact) mass is 854 g/mol. The van der Waals surface area contributed by atoms with Gasteiger partial charge in [0.15, 0.2) is 12.2 Å². The molecule has 6 N–H and O–H groups in total. The van der Waals surface area contributed by atoms with E-state index in [0.717, 1.165) is 56.3 Å². The molecule has 4 heterocycles. The summed E-state index contributed by atoms with van der Waals surface area (Å²) in [6, 6.07) is 24.6. The van der Waals surface area contributed by atoms with E-state index in [0.29, 0.717) is 12.8 Å². The summed E-state index contributed by atoms with van der Waals surface area (Å²) in [7, 11) is 7.12. The summed E-state index contributed by atoms with van der Waals surface area (Å²) in [5.74, 6) is -4.58. The quantitative estimate of drug-likeness (QED) is 0.115. The van der Waals surface area contributed by atoms with E-state index in [1.807, 2.05) is 59.3 Å². The number of pyridine rings is 2. The predicted octanol–water partition coefficient (Wildman–Crippen LogP) is 3.83. The van der Waals surface area contributed by atoms with Crippen LogP contribution in [0.1, 0.15) is 40.6 Å². The van der Waals surface area contributed by atoms with Crippen LogP contribution >= 0.6 is 0 Å². The molecule has 4 aromatic heterocycles. The number of nitrogens with zero attached hydrogens (tertiary/aromatic N) is 6. The van der Waals surface area contributed by atoms with Crippen molar-refractivity contribution in [2.24, 2.45) is 0 Å². The largest absolute Gasteiger partial charge is 0.479 e. The van der Waals surface area contributed by atoms with E-state index in [1.54, 1.807) is 38.0 Å². The molecule has 2 aromatic carbocycles. The zero-order valence-electron chi connectivity index (χ0n) is 36.1. The molecule has 0 aliphatic rings. The van der Waals surface area contributed by atoms with E-state index in [4.69, 9.17) is 40.6 Å². The third kappa shape index (κ3) is 13.5. The van der Waals surface area contributed by atoms with E-state index < -0.39 is 36.2 Å². The number of aliphatic hydroxyl groups excluding tert-OH is 3. The molecule has 0 spiro atoms. The maximum absolute atomic E-state index is 12.3. The molecule has 17 heteroatoms. The first kappa shape index (κ1) is 49.4. The third-order valence-corrected chi connectivity index (χ3v) is 9.18. The fourth-order valence-corrected chi connectivity index (χ4v) is 5.49. The van der Waals surface area contributed by atoms with E-state index in [-0.39, 0.29) is 11.8 Å². The van der Waals surface area contributed by atoms with Gasteiger partial charge in [-0.05, 0) is 57.9 Å². The van der Waals surface area contributed by atoms with Gasteiger partial charge in [0.2, 0.25) is 11.8 Å². The number of carboxylic acid groups (broad SMARTS) is 3. The highest BCUT2D eigenvalue weighted by molar-refractivity contribution is 5.83. The highest BCUT2D eigenvalue weighted by Crippen LogP contribution is 2.27. The van der Waals surface area contributed by atoms with Gasteiger partial charge in [-0.2, -0.15) is 0 Å². The lowest BCUT2D eigenvalue weighted by Gasteiger charge is -2.11. The number of aliphatic hydroxyl groups is 3. The molecular formula is C45H54N6O11. The van der Waals surface area contributed by atoms with Crippen LogP contribution in [0, 0.1) is 27.7 Å². The fourth-order valence-electron chi connectivity index (χ4n) is 5.49. The second-order valence-electron chi connectivity index (χ2n) is 14.9. The van der Waals surface area contributed by atoms with Crippen LogP contribution in [-0.2, 0) is 36.8 Å². The van der Waals surface area contributed by atoms with Gasteiger partial charge in [0.05, 0.1) is 35.6 Å². The number of likely N-dealkylation sites (N-methyl/N-ethyl adjacent to an activating group) is 2. The lowest BCUT2D eigenvalue weighted by atomic mass is 10.1. The van der Waals surface area contributed by atoms with E-state index in [9.17, 15) is 24.0 Å². The van der Waals surface area contributed by atoms with E-state index in [2.05, 4.69) is 62.4 Å². The summed E-state index contributed by atoms with van der Waals surface area (Å²) >= 11 is 0. The molecule has 6 aromatic rings. The first-order chi connectivity index (χ1) is 29.0. The van der Waals surface area contributed by atoms with Crippen LogP contribution < -0.4 is 0 Å². The minimum Gasteiger partial charge on any atom is -0.479 e. The Labute approximate surface area is 358 Å². The van der Waals surface area contributed by atoms with Crippen molar-refractivity contribution in [1.29, 1.82) is 0 Å². The number of benzene rings is 2. The third-order valence-electron chi connectivity index (χ3n) is 9.18. The van der Waals surface area contributed by atoms with Crippen molar-refractivity contribution >= 4 is 41.0 Å². The van der Waals surface area contributed by atoms with Crippen LogP contribution in [0.5, 0.6) is 0 Å². The maximum atomic E-state index is 12.3. The van der Waals surface area contributed by atoms with E-state index >= 15 is 0 Å². The fraction of sp³-hybridized carbons (Fsp3) is 0.311. The van der Waals surface area contributed by atoms with Crippen LogP contribution in [0.3, 0.4) is 0 Å². The molecule has 0 aliphatic heterocycles. The molecule has 0 saturated heterocycles. The minimum atomic E-state index is -2.27. The van der Waals surface area contributed by atoms with Gasteiger partial charge in [-0.3, -0.25) is 9.59 Å². The molecule has 0 fully saturated rings. The number of carbonyl (C=O) groups excluding carboxylic acids is 2. The highest BCUT2D eigenvalue weighted by Gasteiger charge is 2.29. The van der Waals surface area contributed by atoms with Gasteiger partial charge in [0.25, 0.3) is 0 Å². The first-order valence-corrected chi connectivity index (χ1v) is 19.2. The molecule has 3 atom stereocenters. The van der Waals surface area contributed by atoms with Crippen molar-refractivity contribution < 1.29 is 54.6 Å². The number of imidazole rings is 2. The van der Waals surface area contributed by atoms with Gasteiger partial charge in [-0.1, -0.05) is 71.8 Å². The zero-order valence-corrected chi connectivity index (χ0v) is 36.1. The molecular weight excluding hydrogens is 801 g/mol. The summed E-state index contributed by atoms with van der Waals surface area (Å²) < 4.78 is 4.07. The van der Waals surface area contributed by atoms with Crippen molar-refractivity contribution in [3.8, 4) is 22.5 Å². The Morgan fingerprint density at radius 1 is 0.516 bits per heavy atom. The zero-order chi connectivity index (χ0) is 46.6. The smallest absolute Gasteiger partial charge is 0.335 e. The summed E-state index contributed by atoms with van der Waals surface area (Å²) in [6.45, 7) is 9.41. The van der Waals surface area contributed by atoms with Crippen LogP contribution in [0.2, 0.25) is 0 Å². The molecule has 17 nitrogen and oxygen atoms in total. The number of amides is 2. The Bertz CT molecular complexity index is 2340. The number of aliphatic carboxylic acids is 3. The van der Waals surface area contributed by atoms with Crippen molar-refractivity contribution in [2.75, 3.05) is 28.2 Å². The Morgan fingerprint density at radius 3 is 1.06 bits per heavy atom. The average molecular weight is 855 g/mol. The molecule has 0 aliphatic carbocycles. The summed E-state index contributed by atoms with van der Waals surface area (Å²) in [5.41, 5.74) is 12.2. The number of carboxylic acids is 3. The number of hydrogen-bond donors (Lipinski definition) is 6. The number of hydrogen-bond acceptors (Lipinski definition) is 10. The van der Waals surface area contributed by atoms with Crippen molar-refractivity contribution in [3.63, 3.8) is 0 Å². The summed E-state index contributed by atoms with van der Waals surface area (Å²) in [4.78, 5) is 66.3. The van der Waals surface area contributed by atoms with Gasteiger partial charge < -0.3 is 49.2 Å². The second-order valence-corrected chi connectivity index (χ2v) is 14.9. The molecule has 0 radical (unpaired) electrons. The van der Waals surface area contributed by atoms with Crippen molar-refractivity contribution in [1.82, 2.24) is 28.6 Å². The van der Waals surface area contributed by atoms with Gasteiger partial charge in [-0.25, -0.2) is 24.4 Å². The van der Waals surface area contributed by atoms with Crippen molar-refractivity contribution in [2.45, 2.75) is 65.8 Å². The highest BCUT2D eigenvalue weighted by atomic mass is 16.4. The SMILES string of the molecule is CC(O)C(=O)O.Cc1ccc(-c2nc3ccc(C)cn3c2CC(=O)N(C)C)cc1.Cc1ccc(-c2nc3ccc(C)cn3c2CC(=O)N(C)C)cc1.O=C(O)C(O)C(O)C(=O)O. The average Bonchev–Trinajstić information content (AvgIpc) is 3.75. The molecule has 6 rings (SSSR count). The molecule has 62 heavy (non-hydrogen) atoms. The number of rotatable bonds is 10. The van der Waals surface area contributed by atoms with Crippen LogP contribution in [0.25, 0.3) is 33.8 Å². The topological polar surface area (TPSA) is 248 Å². The van der Waals surface area contributed by atoms with Gasteiger partial charge in [0.1, 0.15) is 17.4 Å². The Hall–Kier alpha value is -6.95. The lowest BCUT2D eigenvalue weighted by Crippen LogP contribution is -2.39. The summed E-state index contributed by atoms with van der Waals surface area (Å²) in [5, 5.41) is 48.3. The standard InChI is InChI=1S/2C19H21N3O.C4H6O6.C3H6O3/c2*1-13-5-8-15(9-6-13)19-16(11-18(23)21(3)4)22-12-14(2)7-10-17(22)20-19;5-1(3(7)8)2(6)4(9)10;1-2(4)3(5)6/h2*5-10,12H,11H2,1-4H3;1-2,5-6H,(H,7,8)(H,9,10);2,4H,1H3,(H,5,6). The van der Waals surface area contributed by atoms with Crippen LogP contribution in [0.4, 0.5) is 0 Å².